The number of carbonyl (C=O) groups excluding carboxylic acids is 2. The van der Waals surface area contributed by atoms with Gasteiger partial charge in [0.2, 0.25) is 0 Å². The van der Waals surface area contributed by atoms with Crippen LogP contribution in [0.2, 0.25) is 0 Å². The Morgan fingerprint density at radius 2 is 1.93 bits per heavy atom. The van der Waals surface area contributed by atoms with Gasteiger partial charge in [0.25, 0.3) is 5.91 Å². The molecule has 1 heterocycles. The highest BCUT2D eigenvalue weighted by Gasteiger charge is 2.30. The van der Waals surface area contributed by atoms with Gasteiger partial charge in [-0.2, -0.15) is 0 Å². The maximum Gasteiger partial charge on any atom is 0.342 e. The summed E-state index contributed by atoms with van der Waals surface area (Å²) in [6, 6.07) is 10.7. The van der Waals surface area contributed by atoms with Crippen molar-refractivity contribution >= 4 is 17.8 Å². The van der Waals surface area contributed by atoms with Gasteiger partial charge in [-0.25, -0.2) is 9.59 Å². The van der Waals surface area contributed by atoms with E-state index in [1.165, 1.54) is 6.07 Å². The Morgan fingerprint density at radius 3 is 2.59 bits per heavy atom. The summed E-state index contributed by atoms with van der Waals surface area (Å²) < 4.78 is 5.10. The molecule has 140 valence electrons. The number of phenolic OH excluding ortho intramolecular Hbond substituents is 1. The van der Waals surface area contributed by atoms with Crippen LogP contribution >= 0.6 is 0 Å². The maximum absolute atomic E-state index is 12.5. The fourth-order valence-electron chi connectivity index (χ4n) is 3.09. The second-order valence-electron chi connectivity index (χ2n) is 6.47. The van der Waals surface area contributed by atoms with Gasteiger partial charge in [0.05, 0.1) is 5.56 Å². The van der Waals surface area contributed by atoms with Crippen LogP contribution in [0.25, 0.3) is 0 Å². The Hall–Kier alpha value is -3.35. The first-order valence-corrected chi connectivity index (χ1v) is 8.50. The minimum absolute atomic E-state index is 0.0457. The molecule has 1 aliphatic heterocycles. The second kappa shape index (κ2) is 7.49. The number of aliphatic carboxylic acids is 1. The zero-order valence-corrected chi connectivity index (χ0v) is 14.6. The molecule has 3 rings (SSSR count). The number of amides is 1. The SMILES string of the molecule is [13CH3][13C@H]1[13CH2][13c]2[13cH][13cH][13c]([13C](=O)N[13C@@H]([13CH2][13c]3[13cH][13cH][13cH][13cH][13cH]3)[13C](=O)O)[13c](O)[13c]2[13C](=O)O1. The van der Waals surface area contributed by atoms with E-state index in [4.69, 9.17) is 4.74 Å². The van der Waals surface area contributed by atoms with Crippen molar-refractivity contribution in [3.05, 3.63) is 64.7 Å². The van der Waals surface area contributed by atoms with Crippen molar-refractivity contribution in [3.63, 3.8) is 0 Å². The lowest BCUT2D eigenvalue weighted by Crippen LogP contribution is -2.42. The van der Waals surface area contributed by atoms with Gasteiger partial charge in [-0.3, -0.25) is 4.79 Å². The van der Waals surface area contributed by atoms with E-state index in [0.29, 0.717) is 12.0 Å². The third-order valence-corrected chi connectivity index (χ3v) is 4.41. The standard InChI is InChI=1S/C20H19NO6/c1-11-9-13-7-8-14(17(22)16(13)20(26)27-11)18(23)21-15(19(24)25)10-12-5-3-2-4-6-12/h2-8,11,15,22H,9-10H2,1H3,(H,21,23)(H,24,25)/t11-,15-/m0/s1/i1+1,2+1,3+1,4+1,5+1,6+1,7+1,8+1,9+1,10+1,11+1,12+1,13+1,14+1,15+1,16+1,17+1,18+1,19+1,20+1. The summed E-state index contributed by atoms with van der Waals surface area (Å²) in [5.41, 5.74) is 1.12. The van der Waals surface area contributed by atoms with Gasteiger partial charge in [-0.1, -0.05) is 36.4 Å². The average molecular weight is 389 g/mol. The van der Waals surface area contributed by atoms with Crippen molar-refractivity contribution in [1.29, 1.82) is 0 Å². The second-order valence-corrected chi connectivity index (χ2v) is 6.47. The molecule has 2 aromatic carbocycles. The van der Waals surface area contributed by atoms with Gasteiger partial charge in [0.1, 0.15) is 23.5 Å². The number of hydrogen-bond donors (Lipinski definition) is 3. The topological polar surface area (TPSA) is 113 Å². The van der Waals surface area contributed by atoms with Crippen molar-refractivity contribution in [2.24, 2.45) is 0 Å². The van der Waals surface area contributed by atoms with E-state index in [-0.39, 0.29) is 23.7 Å². The maximum atomic E-state index is 12.5. The van der Waals surface area contributed by atoms with E-state index >= 15 is 0 Å². The van der Waals surface area contributed by atoms with E-state index < -0.39 is 29.6 Å². The first kappa shape index (κ1) is 18.4. The number of rotatable bonds is 5. The summed E-state index contributed by atoms with van der Waals surface area (Å²) in [5, 5.41) is 22.2. The van der Waals surface area contributed by atoms with Crippen LogP contribution in [0, 0.1) is 0 Å². The minimum atomic E-state index is -1.20. The number of cyclic esters (lactones) is 1. The van der Waals surface area contributed by atoms with Gasteiger partial charge < -0.3 is 20.3 Å². The Kier molecular flexibility index (Phi) is 5.12. The molecule has 0 bridgehead atoms. The largest absolute Gasteiger partial charge is 0.506 e. The van der Waals surface area contributed by atoms with Crippen LogP contribution in [0.15, 0.2) is 42.5 Å². The fraction of sp³-hybridized carbons (Fsp3) is 0.250. The van der Waals surface area contributed by atoms with E-state index in [1.807, 2.05) is 6.07 Å². The van der Waals surface area contributed by atoms with E-state index in [0.717, 1.165) is 5.56 Å². The lowest BCUT2D eigenvalue weighted by atomic mass is 10.9. The molecule has 0 saturated carbocycles. The van der Waals surface area contributed by atoms with Crippen molar-refractivity contribution in [3.8, 4) is 5.75 Å². The number of nitrogens with one attached hydrogen (secondary N) is 1. The van der Waals surface area contributed by atoms with Crippen molar-refractivity contribution < 1.29 is 29.3 Å². The van der Waals surface area contributed by atoms with Crippen LogP contribution in [0.1, 0.15) is 38.8 Å². The smallest absolute Gasteiger partial charge is 0.342 e. The van der Waals surface area contributed by atoms with Gasteiger partial charge in [-0.05, 0) is 24.1 Å². The number of esters is 1. The Balaban J connectivity index is 1.84. The summed E-state index contributed by atoms with van der Waals surface area (Å²) in [7, 11) is 0. The normalized spacial score (nSPS) is 16.8. The van der Waals surface area contributed by atoms with Gasteiger partial charge in [0, 0.05) is 12.8 Å². The molecule has 7 heteroatoms. The number of hydrogen-bond acceptors (Lipinski definition) is 5. The fourth-order valence-corrected chi connectivity index (χ4v) is 3.09. The van der Waals surface area contributed by atoms with E-state index in [9.17, 15) is 24.6 Å². The molecule has 0 spiro atoms. The molecule has 27 heavy (non-hydrogen) atoms. The number of aromatic hydroxyl groups is 1. The molecule has 0 radical (unpaired) electrons. The highest BCUT2D eigenvalue weighted by Crippen LogP contribution is 2.31. The molecule has 1 aliphatic rings. The Bertz CT molecular complexity index is 893. The van der Waals surface area contributed by atoms with Crippen LogP contribution in [0.4, 0.5) is 0 Å². The zero-order valence-electron chi connectivity index (χ0n) is 14.6. The Labute approximate surface area is 155 Å². The van der Waals surface area contributed by atoms with E-state index in [2.05, 4.69) is 5.32 Å². The lowest BCUT2D eigenvalue weighted by molar-refractivity contribution is -0.139. The first-order valence-electron chi connectivity index (χ1n) is 8.50. The van der Waals surface area contributed by atoms with Crippen LogP contribution in [-0.4, -0.2) is 40.2 Å². The summed E-state index contributed by atoms with van der Waals surface area (Å²) in [5.74, 6) is -3.16. The monoisotopic (exact) mass is 389 g/mol. The van der Waals surface area contributed by atoms with Crippen LogP contribution in [0.3, 0.4) is 0 Å². The lowest BCUT2D eigenvalue weighted by Gasteiger charge is -2.23. The number of phenols is 1. The molecule has 0 fully saturated rings. The molecule has 7 nitrogen and oxygen atoms in total. The third kappa shape index (κ3) is 3.92. The predicted octanol–water partition coefficient (Wildman–Crippen LogP) is 1.92. The van der Waals surface area contributed by atoms with Crippen molar-refractivity contribution in [2.75, 3.05) is 0 Å². The number of carboxylic acids is 1. The summed E-state index contributed by atoms with van der Waals surface area (Å²) in [4.78, 5) is 36.1. The quantitative estimate of drug-likeness (QED) is 0.532. The summed E-state index contributed by atoms with van der Waals surface area (Å²) >= 11 is 0. The molecule has 1 amide bonds. The van der Waals surface area contributed by atoms with Gasteiger partial charge in [-0.15, -0.1) is 0 Å². The highest BCUT2D eigenvalue weighted by atomic mass is 16.7. The molecular weight excluding hydrogens is 370 g/mol. The summed E-state index contributed by atoms with van der Waals surface area (Å²) in [6.45, 7) is 1.74. The van der Waals surface area contributed by atoms with E-state index in [1.54, 1.807) is 37.3 Å². The van der Waals surface area contributed by atoms with Crippen molar-refractivity contribution in [2.45, 2.75) is 31.9 Å². The predicted molar refractivity (Wildman–Crippen MR) is 95.7 cm³/mol. The number of benzene rings is 2. The van der Waals surface area contributed by atoms with Gasteiger partial charge in [0.15, 0.2) is 0 Å². The zero-order chi connectivity index (χ0) is 19.6. The minimum Gasteiger partial charge on any atom is -0.506 e. The molecular formula is C20H19NO6. The van der Waals surface area contributed by atoms with Crippen LogP contribution in [0.5, 0.6) is 5.75 Å². The van der Waals surface area contributed by atoms with Gasteiger partial charge >= 0.3 is 11.9 Å². The average Bonchev–Trinajstić information content (AvgIpc) is 2.61. The molecule has 0 unspecified atom stereocenters. The number of fused-ring (bicyclic) bond motifs is 1. The highest BCUT2D eigenvalue weighted by molar-refractivity contribution is 6.04. The molecule has 0 saturated heterocycles. The van der Waals surface area contributed by atoms with Crippen molar-refractivity contribution in [1.82, 2.24) is 5.32 Å². The molecule has 0 aliphatic carbocycles. The van der Waals surface area contributed by atoms with Crippen LogP contribution < -0.4 is 5.32 Å². The first-order chi connectivity index (χ1) is 12.9. The van der Waals surface area contributed by atoms with Crippen LogP contribution in [-0.2, 0) is 22.4 Å². The number of ether oxygens (including phenoxy) is 1. The molecule has 2 atom stereocenters. The number of carbonyl (C=O) groups is 3. The molecule has 3 N–H and O–H groups in total. The molecule has 2 aromatic rings. The Morgan fingerprint density at radius 1 is 1.22 bits per heavy atom. The number of carboxylic acid groups (broad SMARTS) is 1. The summed E-state index contributed by atoms with van der Waals surface area (Å²) in [6.07, 6.45) is 0.210. The molecule has 0 aromatic heterocycles. The third-order valence-electron chi connectivity index (χ3n) is 4.41.